The Balaban J connectivity index is 0.000000240. The van der Waals surface area contributed by atoms with Crippen molar-refractivity contribution in [3.05, 3.63) is 108 Å². The van der Waals surface area contributed by atoms with Crippen LogP contribution in [0, 0.1) is 0 Å². The number of aliphatic imine (C=N–C) groups is 2. The monoisotopic (exact) mass is 517 g/mol. The zero-order valence-corrected chi connectivity index (χ0v) is 20.9. The van der Waals surface area contributed by atoms with E-state index in [1.165, 1.54) is 0 Å². The molecule has 1 radical (unpaired) electrons. The van der Waals surface area contributed by atoms with Crippen molar-refractivity contribution in [2.75, 3.05) is 13.2 Å². The number of hydrogen-bond donors (Lipinski definition) is 0. The van der Waals surface area contributed by atoms with Gasteiger partial charge >= 0.3 is 17.1 Å². The molecule has 0 saturated carbocycles. The van der Waals surface area contributed by atoms with Gasteiger partial charge in [-0.15, -0.1) is 11.4 Å². The molecule has 0 atom stereocenters. The van der Waals surface area contributed by atoms with E-state index in [-0.39, 0.29) is 17.1 Å². The number of rotatable bonds is 10. The number of benzene rings is 2. The van der Waals surface area contributed by atoms with Gasteiger partial charge in [0.05, 0.1) is 26.3 Å². The van der Waals surface area contributed by atoms with Gasteiger partial charge in [-0.3, -0.25) is 9.98 Å². The second kappa shape index (κ2) is 16.1. The minimum atomic E-state index is 0. The molecule has 2 aromatic carbocycles. The van der Waals surface area contributed by atoms with E-state index < -0.39 is 0 Å². The summed E-state index contributed by atoms with van der Waals surface area (Å²) in [6, 6.07) is 23.7. The van der Waals surface area contributed by atoms with Gasteiger partial charge in [0.15, 0.2) is 0 Å². The minimum absolute atomic E-state index is 0. The Labute approximate surface area is 218 Å². The quantitative estimate of drug-likeness (QED) is 0.211. The fourth-order valence-electron chi connectivity index (χ4n) is 2.98. The molecule has 0 aliphatic heterocycles. The Bertz CT molecular complexity index is 1010. The van der Waals surface area contributed by atoms with Gasteiger partial charge in [-0.1, -0.05) is 48.5 Å². The number of nitrogens with zero attached hydrogens (tertiary/aromatic N) is 4. The standard InChI is InChI=1S/2C14H15N2O.Cu/c2*1-2-17-14-7-5-12(6-8-14)10-15-11-13-4-3-9-16-13;/h2*3-9,11H,2,10H2,1H3;/q2*-1;+2. The normalized spacial score (nSPS) is 10.6. The van der Waals surface area contributed by atoms with Crippen LogP contribution in [0.15, 0.2) is 95.2 Å². The van der Waals surface area contributed by atoms with Gasteiger partial charge in [0.25, 0.3) is 0 Å². The maximum absolute atomic E-state index is 5.38. The van der Waals surface area contributed by atoms with Gasteiger partial charge in [0.2, 0.25) is 0 Å². The second-order valence-corrected chi connectivity index (χ2v) is 7.22. The van der Waals surface area contributed by atoms with E-state index in [4.69, 9.17) is 9.47 Å². The van der Waals surface area contributed by atoms with Crippen LogP contribution in [-0.2, 0) is 30.2 Å². The van der Waals surface area contributed by atoms with Crippen molar-refractivity contribution in [1.29, 1.82) is 0 Å². The van der Waals surface area contributed by atoms with Crippen LogP contribution in [-0.4, -0.2) is 25.6 Å². The smallest absolute Gasteiger partial charge is 0.663 e. The molecule has 0 saturated heterocycles. The minimum Gasteiger partial charge on any atom is -0.663 e. The second-order valence-electron chi connectivity index (χ2n) is 7.22. The van der Waals surface area contributed by atoms with Crippen molar-refractivity contribution >= 4 is 12.4 Å². The predicted molar refractivity (Wildman–Crippen MR) is 137 cm³/mol. The summed E-state index contributed by atoms with van der Waals surface area (Å²) >= 11 is 0. The molecule has 4 rings (SSSR count). The fourth-order valence-corrected chi connectivity index (χ4v) is 2.98. The summed E-state index contributed by atoms with van der Waals surface area (Å²) in [6.07, 6.45) is 7.10. The van der Waals surface area contributed by atoms with Crippen LogP contribution in [0.4, 0.5) is 0 Å². The molecule has 0 spiro atoms. The maximum Gasteiger partial charge on any atom is 2.00 e. The van der Waals surface area contributed by atoms with Crippen molar-refractivity contribution in [2.45, 2.75) is 26.9 Å². The van der Waals surface area contributed by atoms with Crippen LogP contribution in [0.3, 0.4) is 0 Å². The van der Waals surface area contributed by atoms with Gasteiger partial charge in [-0.2, -0.15) is 12.4 Å². The Morgan fingerprint density at radius 2 is 1.03 bits per heavy atom. The molecule has 4 aromatic rings. The van der Waals surface area contributed by atoms with E-state index in [1.807, 2.05) is 86.6 Å². The number of hydrogen-bond acceptors (Lipinski definition) is 4. The van der Waals surface area contributed by atoms with E-state index in [1.54, 1.807) is 24.8 Å². The van der Waals surface area contributed by atoms with Crippen LogP contribution in [0.2, 0.25) is 0 Å². The molecule has 0 amide bonds. The molecule has 0 fully saturated rings. The summed E-state index contributed by atoms with van der Waals surface area (Å²) in [7, 11) is 0. The van der Waals surface area contributed by atoms with Gasteiger partial charge in [-0.05, 0) is 49.2 Å². The van der Waals surface area contributed by atoms with Crippen LogP contribution in [0.1, 0.15) is 36.4 Å². The van der Waals surface area contributed by atoms with Crippen molar-refractivity contribution in [3.8, 4) is 11.5 Å². The Morgan fingerprint density at radius 3 is 1.34 bits per heavy atom. The molecule has 0 aliphatic rings. The van der Waals surface area contributed by atoms with Crippen molar-refractivity contribution in [3.63, 3.8) is 0 Å². The first-order valence-electron chi connectivity index (χ1n) is 11.4. The van der Waals surface area contributed by atoms with Crippen LogP contribution in [0.5, 0.6) is 11.5 Å². The third-order valence-electron chi connectivity index (χ3n) is 4.62. The average molecular weight is 518 g/mol. The van der Waals surface area contributed by atoms with Crippen LogP contribution in [0.25, 0.3) is 0 Å². The zero-order valence-electron chi connectivity index (χ0n) is 20.0. The molecule has 35 heavy (non-hydrogen) atoms. The first-order valence-corrected chi connectivity index (χ1v) is 11.4. The van der Waals surface area contributed by atoms with Crippen molar-refractivity contribution in [2.24, 2.45) is 9.98 Å². The molecular weight excluding hydrogens is 488 g/mol. The van der Waals surface area contributed by atoms with Crippen molar-refractivity contribution in [1.82, 2.24) is 9.97 Å². The van der Waals surface area contributed by atoms with Gasteiger partial charge in [0.1, 0.15) is 11.5 Å². The number of aromatic nitrogens is 2. The molecular formula is C28H30CuN4O2. The summed E-state index contributed by atoms with van der Waals surface area (Å²) in [5, 5.41) is 0. The van der Waals surface area contributed by atoms with Gasteiger partial charge < -0.3 is 19.4 Å². The topological polar surface area (TPSA) is 71.4 Å². The van der Waals surface area contributed by atoms with Crippen LogP contribution >= 0.6 is 0 Å². The zero-order chi connectivity index (χ0) is 23.8. The first kappa shape index (κ1) is 27.7. The molecule has 0 unspecified atom stereocenters. The van der Waals surface area contributed by atoms with E-state index in [0.717, 1.165) is 34.0 Å². The molecule has 2 aromatic heterocycles. The van der Waals surface area contributed by atoms with Crippen molar-refractivity contribution < 1.29 is 26.5 Å². The molecule has 0 bridgehead atoms. The molecule has 2 heterocycles. The fraction of sp³-hybridized carbons (Fsp3) is 0.214. The molecule has 185 valence electrons. The maximum atomic E-state index is 5.38. The van der Waals surface area contributed by atoms with Gasteiger partial charge in [-0.25, -0.2) is 0 Å². The summed E-state index contributed by atoms with van der Waals surface area (Å²) < 4.78 is 10.8. The Hall–Kier alpha value is -3.54. The van der Waals surface area contributed by atoms with E-state index >= 15 is 0 Å². The summed E-state index contributed by atoms with van der Waals surface area (Å²) in [5.41, 5.74) is 4.12. The SMILES string of the molecule is CCOc1ccc(CN=Cc2ccc[n-]2)cc1.CCOc1ccc(CN=Cc2ccc[n-]2)cc1.[Cu+2]. The van der Waals surface area contributed by atoms with E-state index in [2.05, 4.69) is 20.0 Å². The molecule has 7 heteroatoms. The van der Waals surface area contributed by atoms with E-state index in [0.29, 0.717) is 26.3 Å². The van der Waals surface area contributed by atoms with Gasteiger partial charge in [0, 0.05) is 12.4 Å². The summed E-state index contributed by atoms with van der Waals surface area (Å²) in [4.78, 5) is 16.9. The molecule has 6 nitrogen and oxygen atoms in total. The van der Waals surface area contributed by atoms with Crippen LogP contribution < -0.4 is 19.4 Å². The first-order chi connectivity index (χ1) is 16.8. The Kier molecular flexibility index (Phi) is 12.8. The third kappa shape index (κ3) is 10.5. The Morgan fingerprint density at radius 1 is 0.629 bits per heavy atom. The average Bonchev–Trinajstić information content (AvgIpc) is 3.57. The predicted octanol–water partition coefficient (Wildman–Crippen LogP) is 5.32. The molecule has 0 N–H and O–H groups in total. The third-order valence-corrected chi connectivity index (χ3v) is 4.62. The largest absolute Gasteiger partial charge is 2.00 e. The summed E-state index contributed by atoms with van der Waals surface area (Å²) in [5.74, 6) is 1.80. The molecule has 0 aliphatic carbocycles. The number of ether oxygens (including phenoxy) is 2. The summed E-state index contributed by atoms with van der Waals surface area (Å²) in [6.45, 7) is 6.68. The van der Waals surface area contributed by atoms with E-state index in [9.17, 15) is 0 Å².